The Morgan fingerprint density at radius 2 is 2.00 bits per heavy atom. The molecule has 3 heteroatoms. The molecule has 0 amide bonds. The summed E-state index contributed by atoms with van der Waals surface area (Å²) >= 11 is 0. The number of aromatic nitrogens is 1. The van der Waals surface area contributed by atoms with Gasteiger partial charge in [-0.15, -0.1) is 0 Å². The molecule has 22 heavy (non-hydrogen) atoms. The van der Waals surface area contributed by atoms with Crippen LogP contribution in [0.15, 0.2) is 54.2 Å². The van der Waals surface area contributed by atoms with Gasteiger partial charge < -0.3 is 4.74 Å². The summed E-state index contributed by atoms with van der Waals surface area (Å²) in [4.78, 5) is 16.8. The number of carbonyl (C=O) groups excluding carboxylic acids is 1. The summed E-state index contributed by atoms with van der Waals surface area (Å²) in [6.07, 6.45) is 6.13. The molecular weight excluding hydrogens is 274 g/mol. The molecule has 3 rings (SSSR count). The molecule has 0 saturated heterocycles. The zero-order valence-corrected chi connectivity index (χ0v) is 12.7. The van der Waals surface area contributed by atoms with Crippen molar-refractivity contribution in [1.82, 2.24) is 4.98 Å². The lowest BCUT2D eigenvalue weighted by molar-refractivity contribution is -0.116. The number of pyridine rings is 1. The first-order valence-corrected chi connectivity index (χ1v) is 7.55. The van der Waals surface area contributed by atoms with Crippen LogP contribution in [0.1, 0.15) is 36.4 Å². The minimum atomic E-state index is 0.234. The van der Waals surface area contributed by atoms with Crippen LogP contribution in [0.3, 0.4) is 0 Å². The van der Waals surface area contributed by atoms with Gasteiger partial charge in [0.2, 0.25) is 0 Å². The lowest BCUT2D eigenvalue weighted by Gasteiger charge is -2.22. The zero-order valence-electron chi connectivity index (χ0n) is 12.7. The fourth-order valence-electron chi connectivity index (χ4n) is 2.85. The van der Waals surface area contributed by atoms with Gasteiger partial charge in [0.05, 0.1) is 7.11 Å². The molecule has 0 N–H and O–H groups in total. The van der Waals surface area contributed by atoms with Gasteiger partial charge in [0, 0.05) is 24.2 Å². The number of carbonyl (C=O) groups is 1. The number of rotatable bonds is 3. The van der Waals surface area contributed by atoms with Crippen molar-refractivity contribution in [3.8, 4) is 5.75 Å². The van der Waals surface area contributed by atoms with E-state index in [1.807, 2.05) is 48.5 Å². The van der Waals surface area contributed by atoms with Crippen molar-refractivity contribution in [1.29, 1.82) is 0 Å². The predicted octanol–water partition coefficient (Wildman–Crippen LogP) is 4.01. The van der Waals surface area contributed by atoms with Crippen LogP contribution in [-0.2, 0) is 4.79 Å². The number of allylic oxidation sites excluding steroid dienone is 1. The highest BCUT2D eigenvalue weighted by molar-refractivity contribution is 6.00. The maximum absolute atomic E-state index is 12.4. The molecule has 0 spiro atoms. The van der Waals surface area contributed by atoms with E-state index < -0.39 is 0 Å². The topological polar surface area (TPSA) is 39.2 Å². The van der Waals surface area contributed by atoms with Gasteiger partial charge >= 0.3 is 0 Å². The van der Waals surface area contributed by atoms with Crippen LogP contribution in [0.5, 0.6) is 5.75 Å². The molecular formula is C19H19NO2. The number of hydrogen-bond donors (Lipinski definition) is 0. The predicted molar refractivity (Wildman–Crippen MR) is 86.8 cm³/mol. The molecule has 1 unspecified atom stereocenters. The van der Waals surface area contributed by atoms with Crippen molar-refractivity contribution in [2.24, 2.45) is 0 Å². The van der Waals surface area contributed by atoms with E-state index in [0.29, 0.717) is 6.42 Å². The highest BCUT2D eigenvalue weighted by Crippen LogP contribution is 2.33. The summed E-state index contributed by atoms with van der Waals surface area (Å²) in [6, 6.07) is 13.7. The molecule has 1 fully saturated rings. The van der Waals surface area contributed by atoms with Crippen molar-refractivity contribution < 1.29 is 9.53 Å². The summed E-state index contributed by atoms with van der Waals surface area (Å²) in [6.45, 7) is 0. The van der Waals surface area contributed by atoms with Crippen molar-refractivity contribution in [3.05, 3.63) is 65.5 Å². The number of methoxy groups -OCH3 is 1. The molecule has 2 aromatic rings. The van der Waals surface area contributed by atoms with Gasteiger partial charge in [0.1, 0.15) is 5.75 Å². The van der Waals surface area contributed by atoms with Crippen molar-refractivity contribution in [3.63, 3.8) is 0 Å². The Kier molecular flexibility index (Phi) is 4.33. The van der Waals surface area contributed by atoms with E-state index >= 15 is 0 Å². The zero-order chi connectivity index (χ0) is 15.4. The number of nitrogens with zero attached hydrogens (tertiary/aromatic N) is 1. The SMILES string of the molecule is COc1ccc(/C=C2/CCC(c3ccccn3)CC2=O)cc1. The molecule has 1 aromatic heterocycles. The molecule has 1 atom stereocenters. The van der Waals surface area contributed by atoms with Gasteiger partial charge in [-0.3, -0.25) is 9.78 Å². The molecule has 1 aliphatic carbocycles. The Hall–Kier alpha value is -2.42. The lowest BCUT2D eigenvalue weighted by atomic mass is 9.82. The van der Waals surface area contributed by atoms with E-state index in [1.165, 1.54) is 0 Å². The second kappa shape index (κ2) is 6.56. The van der Waals surface area contributed by atoms with Gasteiger partial charge in [0.25, 0.3) is 0 Å². The number of hydrogen-bond acceptors (Lipinski definition) is 3. The van der Waals surface area contributed by atoms with E-state index in [9.17, 15) is 4.79 Å². The molecule has 3 nitrogen and oxygen atoms in total. The highest BCUT2D eigenvalue weighted by atomic mass is 16.5. The first-order valence-electron chi connectivity index (χ1n) is 7.55. The van der Waals surface area contributed by atoms with E-state index in [-0.39, 0.29) is 11.7 Å². The van der Waals surface area contributed by atoms with Crippen LogP contribution < -0.4 is 4.74 Å². The Bertz CT molecular complexity index is 674. The second-order valence-corrected chi connectivity index (χ2v) is 5.56. The third-order valence-electron chi connectivity index (χ3n) is 4.11. The number of ketones is 1. The molecule has 1 aromatic carbocycles. The Morgan fingerprint density at radius 1 is 1.18 bits per heavy atom. The highest BCUT2D eigenvalue weighted by Gasteiger charge is 2.25. The van der Waals surface area contributed by atoms with Crippen molar-refractivity contribution in [2.75, 3.05) is 7.11 Å². The number of Topliss-reactive ketones (excluding diaryl/α,β-unsaturated/α-hetero) is 1. The number of ether oxygens (including phenoxy) is 1. The minimum absolute atomic E-state index is 0.234. The Labute approximate surface area is 130 Å². The molecule has 1 heterocycles. The Balaban J connectivity index is 1.72. The summed E-state index contributed by atoms with van der Waals surface area (Å²) in [5.41, 5.74) is 2.98. The smallest absolute Gasteiger partial charge is 0.159 e. The molecule has 0 bridgehead atoms. The normalized spacial score (nSPS) is 20.1. The van der Waals surface area contributed by atoms with E-state index in [4.69, 9.17) is 4.74 Å². The first kappa shape index (κ1) is 14.5. The summed E-state index contributed by atoms with van der Waals surface area (Å²) in [5, 5.41) is 0. The quantitative estimate of drug-likeness (QED) is 0.803. The van der Waals surface area contributed by atoms with Crippen molar-refractivity contribution in [2.45, 2.75) is 25.2 Å². The third kappa shape index (κ3) is 3.25. The van der Waals surface area contributed by atoms with Crippen LogP contribution >= 0.6 is 0 Å². The average Bonchev–Trinajstić information content (AvgIpc) is 2.58. The summed E-state index contributed by atoms with van der Waals surface area (Å²) in [5.74, 6) is 1.31. The van der Waals surface area contributed by atoms with Crippen LogP contribution in [0.2, 0.25) is 0 Å². The molecule has 0 aliphatic heterocycles. The van der Waals surface area contributed by atoms with E-state index in [2.05, 4.69) is 4.98 Å². The summed E-state index contributed by atoms with van der Waals surface area (Å²) in [7, 11) is 1.65. The first-order chi connectivity index (χ1) is 10.8. The lowest BCUT2D eigenvalue weighted by Crippen LogP contribution is -2.17. The molecule has 0 radical (unpaired) electrons. The average molecular weight is 293 g/mol. The third-order valence-corrected chi connectivity index (χ3v) is 4.11. The van der Waals surface area contributed by atoms with Crippen LogP contribution in [-0.4, -0.2) is 17.9 Å². The fourth-order valence-corrected chi connectivity index (χ4v) is 2.85. The van der Waals surface area contributed by atoms with Gasteiger partial charge in [-0.2, -0.15) is 0 Å². The van der Waals surface area contributed by atoms with Gasteiger partial charge in [0.15, 0.2) is 5.78 Å². The maximum atomic E-state index is 12.4. The van der Waals surface area contributed by atoms with E-state index in [1.54, 1.807) is 13.3 Å². The number of benzene rings is 1. The van der Waals surface area contributed by atoms with Crippen LogP contribution in [0.4, 0.5) is 0 Å². The van der Waals surface area contributed by atoms with Gasteiger partial charge in [-0.05, 0) is 54.3 Å². The molecule has 112 valence electrons. The standard InChI is InChI=1S/C19H19NO2/c1-22-17-9-5-14(6-10-17)12-16-8-7-15(13-19(16)21)18-4-2-3-11-20-18/h2-6,9-12,15H,7-8,13H2,1H3/b16-12-. The van der Waals surface area contributed by atoms with Crippen molar-refractivity contribution >= 4 is 11.9 Å². The van der Waals surface area contributed by atoms with Crippen LogP contribution in [0.25, 0.3) is 6.08 Å². The minimum Gasteiger partial charge on any atom is -0.497 e. The largest absolute Gasteiger partial charge is 0.497 e. The molecule has 1 saturated carbocycles. The van der Waals surface area contributed by atoms with Gasteiger partial charge in [-0.1, -0.05) is 18.2 Å². The summed E-state index contributed by atoms with van der Waals surface area (Å²) < 4.78 is 5.15. The fraction of sp³-hybridized carbons (Fsp3) is 0.263. The van der Waals surface area contributed by atoms with E-state index in [0.717, 1.165) is 35.4 Å². The van der Waals surface area contributed by atoms with Gasteiger partial charge in [-0.25, -0.2) is 0 Å². The maximum Gasteiger partial charge on any atom is 0.159 e. The molecule has 1 aliphatic rings. The Morgan fingerprint density at radius 3 is 2.64 bits per heavy atom. The second-order valence-electron chi connectivity index (χ2n) is 5.56. The van der Waals surface area contributed by atoms with Crippen LogP contribution in [0, 0.1) is 0 Å². The monoisotopic (exact) mass is 293 g/mol.